The molecule has 0 N–H and O–H groups in total. The first-order valence-electron chi connectivity index (χ1n) is 3.67. The topological polar surface area (TPSA) is 0 Å². The quantitative estimate of drug-likeness (QED) is 0.556. The van der Waals surface area contributed by atoms with E-state index < -0.39 is 0 Å². The Morgan fingerprint density at radius 3 is 3.00 bits per heavy atom. The van der Waals surface area contributed by atoms with E-state index in [-0.39, 0.29) is 11.7 Å². The predicted molar refractivity (Wildman–Crippen MR) is 58.6 cm³/mol. The number of hydrogen-bond acceptors (Lipinski definition) is 2. The van der Waals surface area contributed by atoms with Gasteiger partial charge >= 0.3 is 0 Å². The Kier molecular flexibility index (Phi) is 2.49. The van der Waals surface area contributed by atoms with Gasteiger partial charge in [-0.25, -0.2) is 4.39 Å². The highest BCUT2D eigenvalue weighted by atomic mass is 35.5. The maximum absolute atomic E-state index is 13.5. The number of thiol groups is 1. The molecule has 0 saturated carbocycles. The van der Waals surface area contributed by atoms with Gasteiger partial charge in [0.05, 0.1) is 5.88 Å². The summed E-state index contributed by atoms with van der Waals surface area (Å²) >= 11 is 11.2. The molecule has 2 aromatic rings. The van der Waals surface area contributed by atoms with Crippen molar-refractivity contribution in [1.82, 2.24) is 0 Å². The fourth-order valence-corrected chi connectivity index (χ4v) is 2.78. The molecule has 0 saturated heterocycles. The Bertz CT molecular complexity index is 450. The maximum atomic E-state index is 13.5. The second-order valence-electron chi connectivity index (χ2n) is 2.66. The van der Waals surface area contributed by atoms with Crippen LogP contribution in [0.4, 0.5) is 4.39 Å². The minimum atomic E-state index is -0.298. The van der Waals surface area contributed by atoms with Gasteiger partial charge in [-0.2, -0.15) is 0 Å². The van der Waals surface area contributed by atoms with Crippen molar-refractivity contribution in [2.45, 2.75) is 10.8 Å². The predicted octanol–water partition coefficient (Wildman–Crippen LogP) is 4.07. The van der Waals surface area contributed by atoms with Crippen LogP contribution >= 0.6 is 35.6 Å². The molecule has 13 heavy (non-hydrogen) atoms. The van der Waals surface area contributed by atoms with Crippen molar-refractivity contribution < 1.29 is 4.39 Å². The van der Waals surface area contributed by atoms with Crippen molar-refractivity contribution in [2.24, 2.45) is 0 Å². The van der Waals surface area contributed by atoms with E-state index in [4.69, 9.17) is 11.6 Å². The molecule has 68 valence electrons. The number of rotatable bonds is 1. The fourth-order valence-electron chi connectivity index (χ4n) is 1.26. The van der Waals surface area contributed by atoms with E-state index in [2.05, 4.69) is 12.6 Å². The van der Waals surface area contributed by atoms with E-state index in [1.54, 1.807) is 6.07 Å². The van der Waals surface area contributed by atoms with Gasteiger partial charge in [-0.3, -0.25) is 0 Å². The van der Waals surface area contributed by atoms with E-state index in [1.807, 2.05) is 11.4 Å². The summed E-state index contributed by atoms with van der Waals surface area (Å²) in [7, 11) is 0. The zero-order valence-electron chi connectivity index (χ0n) is 6.55. The van der Waals surface area contributed by atoms with Gasteiger partial charge in [0.25, 0.3) is 0 Å². The zero-order chi connectivity index (χ0) is 9.42. The number of benzene rings is 1. The van der Waals surface area contributed by atoms with Gasteiger partial charge in [0.2, 0.25) is 0 Å². The van der Waals surface area contributed by atoms with E-state index in [0.717, 1.165) is 10.1 Å². The molecule has 0 unspecified atom stereocenters. The molecule has 0 aliphatic carbocycles. The lowest BCUT2D eigenvalue weighted by atomic mass is 10.2. The Labute approximate surface area is 89.7 Å². The molecule has 0 radical (unpaired) electrons. The molecule has 0 amide bonds. The largest absolute Gasteiger partial charge is 0.205 e. The van der Waals surface area contributed by atoms with Gasteiger partial charge in [-0.05, 0) is 22.9 Å². The van der Waals surface area contributed by atoms with Crippen LogP contribution in [0, 0.1) is 5.82 Å². The second kappa shape index (κ2) is 3.48. The summed E-state index contributed by atoms with van der Waals surface area (Å²) in [5, 5.41) is 2.93. The fraction of sp³-hybridized carbons (Fsp3) is 0.111. The van der Waals surface area contributed by atoms with Crippen molar-refractivity contribution in [2.75, 3.05) is 0 Å². The van der Waals surface area contributed by atoms with Gasteiger partial charge in [0.15, 0.2) is 0 Å². The van der Waals surface area contributed by atoms with Gasteiger partial charge in [-0.1, -0.05) is 0 Å². The summed E-state index contributed by atoms with van der Waals surface area (Å²) in [6.45, 7) is 0. The molecule has 1 heterocycles. The first-order valence-corrected chi connectivity index (χ1v) is 5.53. The highest BCUT2D eigenvalue weighted by Gasteiger charge is 2.11. The van der Waals surface area contributed by atoms with Crippen molar-refractivity contribution >= 4 is 45.7 Å². The maximum Gasteiger partial charge on any atom is 0.142 e. The molecule has 0 fully saturated rings. The number of fused-ring (bicyclic) bond motifs is 1. The summed E-state index contributed by atoms with van der Waals surface area (Å²) in [4.78, 5) is 0.363. The molecule has 0 spiro atoms. The third kappa shape index (κ3) is 1.45. The van der Waals surface area contributed by atoms with Crippen LogP contribution in [-0.2, 0) is 5.88 Å². The third-order valence-corrected chi connectivity index (χ3v) is 3.47. The number of halogens is 2. The monoisotopic (exact) mass is 232 g/mol. The number of alkyl halides is 1. The summed E-state index contributed by atoms with van der Waals surface area (Å²) in [5.74, 6) is -0.106. The minimum absolute atomic E-state index is 0.192. The summed E-state index contributed by atoms with van der Waals surface area (Å²) in [5.41, 5.74) is 0.555. The van der Waals surface area contributed by atoms with Crippen molar-refractivity contribution in [3.05, 3.63) is 28.9 Å². The molecule has 2 rings (SSSR count). The highest BCUT2D eigenvalue weighted by Crippen LogP contribution is 2.31. The molecule has 4 heteroatoms. The van der Waals surface area contributed by atoms with Crippen LogP contribution in [0.3, 0.4) is 0 Å². The summed E-state index contributed by atoms with van der Waals surface area (Å²) in [6, 6.07) is 3.66. The molecular formula is C9H6ClFS2. The average molecular weight is 233 g/mol. The molecule has 1 aromatic heterocycles. The standard InChI is InChI=1S/C9H6ClFS2/c10-4-6-8(11)7(12)3-5-1-2-13-9(5)6/h1-3,12H,4H2. The summed E-state index contributed by atoms with van der Waals surface area (Å²) < 4.78 is 14.4. The molecule has 0 nitrogen and oxygen atoms in total. The molecular weight excluding hydrogens is 227 g/mol. The minimum Gasteiger partial charge on any atom is -0.205 e. The van der Waals surface area contributed by atoms with Gasteiger partial charge < -0.3 is 0 Å². The lowest BCUT2D eigenvalue weighted by molar-refractivity contribution is 0.595. The lowest BCUT2D eigenvalue weighted by Gasteiger charge is -2.03. The van der Waals surface area contributed by atoms with Crippen LogP contribution in [-0.4, -0.2) is 0 Å². The van der Waals surface area contributed by atoms with Crippen LogP contribution < -0.4 is 0 Å². The molecule has 0 atom stereocenters. The average Bonchev–Trinajstić information content (AvgIpc) is 2.54. The highest BCUT2D eigenvalue weighted by molar-refractivity contribution is 7.80. The van der Waals surface area contributed by atoms with Crippen molar-refractivity contribution in [3.63, 3.8) is 0 Å². The summed E-state index contributed by atoms with van der Waals surface area (Å²) in [6.07, 6.45) is 0. The van der Waals surface area contributed by atoms with Gasteiger partial charge in [-0.15, -0.1) is 35.6 Å². The molecule has 0 aliphatic rings. The molecule has 0 bridgehead atoms. The first kappa shape index (κ1) is 9.31. The lowest BCUT2D eigenvalue weighted by Crippen LogP contribution is -1.88. The first-order chi connectivity index (χ1) is 6.24. The van der Waals surface area contributed by atoms with Crippen LogP contribution in [0.2, 0.25) is 0 Å². The van der Waals surface area contributed by atoms with Gasteiger partial charge in [0.1, 0.15) is 5.82 Å². The van der Waals surface area contributed by atoms with E-state index in [0.29, 0.717) is 10.5 Å². The zero-order valence-corrected chi connectivity index (χ0v) is 9.02. The van der Waals surface area contributed by atoms with E-state index in [9.17, 15) is 4.39 Å². The van der Waals surface area contributed by atoms with Gasteiger partial charge in [0, 0.05) is 15.2 Å². The second-order valence-corrected chi connectivity index (χ2v) is 4.33. The van der Waals surface area contributed by atoms with Crippen LogP contribution in [0.1, 0.15) is 5.56 Å². The van der Waals surface area contributed by atoms with E-state index in [1.165, 1.54) is 11.3 Å². The SMILES string of the molecule is Fc1c(S)cc2ccsc2c1CCl. The Balaban J connectivity index is 2.87. The number of hydrogen-bond donors (Lipinski definition) is 1. The molecule has 0 aliphatic heterocycles. The Morgan fingerprint density at radius 1 is 1.54 bits per heavy atom. The Hall–Kier alpha value is -0.250. The van der Waals surface area contributed by atoms with Crippen molar-refractivity contribution in [1.29, 1.82) is 0 Å². The van der Waals surface area contributed by atoms with E-state index >= 15 is 0 Å². The van der Waals surface area contributed by atoms with Crippen molar-refractivity contribution in [3.8, 4) is 0 Å². The number of thiophene rings is 1. The normalized spacial score (nSPS) is 11.0. The van der Waals surface area contributed by atoms with Crippen LogP contribution in [0.25, 0.3) is 10.1 Å². The Morgan fingerprint density at radius 2 is 2.31 bits per heavy atom. The smallest absolute Gasteiger partial charge is 0.142 e. The van der Waals surface area contributed by atoms with Crippen LogP contribution in [0.5, 0.6) is 0 Å². The third-order valence-electron chi connectivity index (χ3n) is 1.89. The molecule has 1 aromatic carbocycles. The van der Waals surface area contributed by atoms with Crippen LogP contribution in [0.15, 0.2) is 22.4 Å².